The van der Waals surface area contributed by atoms with Gasteiger partial charge in [0.25, 0.3) is 0 Å². The molecule has 1 fully saturated rings. The van der Waals surface area contributed by atoms with Crippen molar-refractivity contribution in [2.45, 2.75) is 19.0 Å². The first-order valence-electron chi connectivity index (χ1n) is 6.92. The van der Waals surface area contributed by atoms with E-state index in [2.05, 4.69) is 45.0 Å². The van der Waals surface area contributed by atoms with Crippen molar-refractivity contribution in [1.82, 2.24) is 15.3 Å². The molecule has 0 spiro atoms. The summed E-state index contributed by atoms with van der Waals surface area (Å²) in [7, 11) is 0. The van der Waals surface area contributed by atoms with E-state index in [1.807, 2.05) is 24.3 Å². The largest absolute Gasteiger partial charge is 0.365 e. The van der Waals surface area contributed by atoms with Gasteiger partial charge in [-0.1, -0.05) is 30.3 Å². The normalized spacial score (nSPS) is 16.2. The molecule has 0 amide bonds. The Labute approximate surface area is 118 Å². The molecule has 0 aliphatic carbocycles. The molecule has 1 aromatic heterocycles. The summed E-state index contributed by atoms with van der Waals surface area (Å²) < 4.78 is 0. The zero-order valence-corrected chi connectivity index (χ0v) is 11.5. The van der Waals surface area contributed by atoms with E-state index in [1.165, 1.54) is 5.56 Å². The molecule has 0 radical (unpaired) electrons. The third-order valence-corrected chi connectivity index (χ3v) is 3.46. The smallest absolute Gasteiger partial charge is 0.131 e. The van der Waals surface area contributed by atoms with Crippen molar-refractivity contribution in [1.29, 1.82) is 0 Å². The van der Waals surface area contributed by atoms with Crippen LogP contribution < -0.4 is 16.0 Å². The molecule has 2 aromatic rings. The molecule has 5 heteroatoms. The third kappa shape index (κ3) is 3.05. The lowest BCUT2D eigenvalue weighted by atomic mass is 10.1. The first-order chi connectivity index (χ1) is 9.81. The van der Waals surface area contributed by atoms with Crippen molar-refractivity contribution >= 4 is 11.6 Å². The van der Waals surface area contributed by atoms with Gasteiger partial charge in [0.2, 0.25) is 0 Å². The summed E-state index contributed by atoms with van der Waals surface area (Å²) in [5.41, 5.74) is 1.24. The molecule has 2 heterocycles. The van der Waals surface area contributed by atoms with Crippen LogP contribution in [0.25, 0.3) is 0 Å². The molecular weight excluding hydrogens is 250 g/mol. The number of benzene rings is 1. The molecule has 1 saturated heterocycles. The molecule has 1 atom stereocenters. The van der Waals surface area contributed by atoms with Crippen molar-refractivity contribution in [2.75, 3.05) is 23.7 Å². The molecule has 20 heavy (non-hydrogen) atoms. The number of aromatic nitrogens is 2. The highest BCUT2D eigenvalue weighted by Crippen LogP contribution is 2.19. The van der Waals surface area contributed by atoms with Crippen molar-refractivity contribution in [3.05, 3.63) is 48.3 Å². The van der Waals surface area contributed by atoms with Gasteiger partial charge < -0.3 is 16.0 Å². The first kappa shape index (κ1) is 12.9. The highest BCUT2D eigenvalue weighted by Gasteiger charge is 2.16. The SMILES string of the molecule is CC(Nc1cc(NC2CNC2)ncn1)c1ccccc1. The summed E-state index contributed by atoms with van der Waals surface area (Å²) in [6.07, 6.45) is 1.59. The lowest BCUT2D eigenvalue weighted by Gasteiger charge is -2.28. The number of hydrogen-bond donors (Lipinski definition) is 3. The monoisotopic (exact) mass is 269 g/mol. The van der Waals surface area contributed by atoms with E-state index in [9.17, 15) is 0 Å². The Balaban J connectivity index is 1.66. The van der Waals surface area contributed by atoms with Gasteiger partial charge in [-0.2, -0.15) is 0 Å². The van der Waals surface area contributed by atoms with Gasteiger partial charge in [-0.05, 0) is 12.5 Å². The highest BCUT2D eigenvalue weighted by atomic mass is 15.1. The van der Waals surface area contributed by atoms with E-state index in [0.717, 1.165) is 24.7 Å². The third-order valence-electron chi connectivity index (χ3n) is 3.46. The standard InChI is InChI=1S/C15H19N5/c1-11(12-5-3-2-4-6-12)19-14-7-15(18-10-17-14)20-13-8-16-9-13/h2-7,10-11,13,16H,8-9H2,1H3,(H2,17,18,19,20). The molecule has 1 aliphatic rings. The van der Waals surface area contributed by atoms with Crippen molar-refractivity contribution in [2.24, 2.45) is 0 Å². The van der Waals surface area contributed by atoms with E-state index >= 15 is 0 Å². The van der Waals surface area contributed by atoms with Gasteiger partial charge in [0.1, 0.15) is 18.0 Å². The summed E-state index contributed by atoms with van der Waals surface area (Å²) in [6, 6.07) is 13.0. The van der Waals surface area contributed by atoms with Crippen molar-refractivity contribution in [3.63, 3.8) is 0 Å². The van der Waals surface area contributed by atoms with Crippen LogP contribution in [0.2, 0.25) is 0 Å². The number of hydrogen-bond acceptors (Lipinski definition) is 5. The predicted molar refractivity (Wildman–Crippen MR) is 80.8 cm³/mol. The molecule has 104 valence electrons. The van der Waals surface area contributed by atoms with E-state index in [1.54, 1.807) is 6.33 Å². The molecule has 1 unspecified atom stereocenters. The minimum Gasteiger partial charge on any atom is -0.365 e. The summed E-state index contributed by atoms with van der Waals surface area (Å²) in [5.74, 6) is 1.71. The van der Waals surface area contributed by atoms with Gasteiger partial charge >= 0.3 is 0 Å². The quantitative estimate of drug-likeness (QED) is 0.775. The minimum absolute atomic E-state index is 0.212. The van der Waals surface area contributed by atoms with E-state index < -0.39 is 0 Å². The number of nitrogens with zero attached hydrogens (tertiary/aromatic N) is 2. The lowest BCUT2D eigenvalue weighted by Crippen LogP contribution is -2.51. The lowest BCUT2D eigenvalue weighted by molar-refractivity contribution is 0.471. The van der Waals surface area contributed by atoms with Gasteiger partial charge in [-0.25, -0.2) is 9.97 Å². The highest BCUT2D eigenvalue weighted by molar-refractivity contribution is 5.48. The molecule has 3 N–H and O–H groups in total. The average molecular weight is 269 g/mol. The maximum Gasteiger partial charge on any atom is 0.131 e. The fourth-order valence-electron chi connectivity index (χ4n) is 2.16. The molecular formula is C15H19N5. The Morgan fingerprint density at radius 2 is 1.90 bits per heavy atom. The van der Waals surface area contributed by atoms with Gasteiger partial charge in [-0.15, -0.1) is 0 Å². The van der Waals surface area contributed by atoms with Crippen molar-refractivity contribution < 1.29 is 0 Å². The van der Waals surface area contributed by atoms with Gasteiger partial charge in [0.05, 0.1) is 6.04 Å². The minimum atomic E-state index is 0.212. The van der Waals surface area contributed by atoms with Crippen LogP contribution in [0.4, 0.5) is 11.6 Å². The van der Waals surface area contributed by atoms with Gasteiger partial charge in [0.15, 0.2) is 0 Å². The van der Waals surface area contributed by atoms with Crippen LogP contribution in [0.3, 0.4) is 0 Å². The van der Waals surface area contributed by atoms with Crippen LogP contribution in [-0.2, 0) is 0 Å². The Hall–Kier alpha value is -2.14. The molecule has 1 aromatic carbocycles. The summed E-state index contributed by atoms with van der Waals surface area (Å²) in [5, 5.41) is 10.0. The second-order valence-electron chi connectivity index (χ2n) is 5.06. The zero-order chi connectivity index (χ0) is 13.8. The number of anilines is 2. The Bertz CT molecular complexity index is 553. The maximum absolute atomic E-state index is 4.28. The van der Waals surface area contributed by atoms with Crippen molar-refractivity contribution in [3.8, 4) is 0 Å². The predicted octanol–water partition coefficient (Wildman–Crippen LogP) is 2.03. The first-order valence-corrected chi connectivity index (χ1v) is 6.92. The second-order valence-corrected chi connectivity index (χ2v) is 5.06. The van der Waals surface area contributed by atoms with E-state index in [-0.39, 0.29) is 6.04 Å². The Morgan fingerprint density at radius 3 is 2.60 bits per heavy atom. The fraction of sp³-hybridized carbons (Fsp3) is 0.333. The average Bonchev–Trinajstić information content (AvgIpc) is 2.44. The molecule has 0 bridgehead atoms. The summed E-state index contributed by atoms with van der Waals surface area (Å²) in [6.45, 7) is 4.11. The maximum atomic E-state index is 4.28. The van der Waals surface area contributed by atoms with Crippen LogP contribution in [-0.4, -0.2) is 29.1 Å². The van der Waals surface area contributed by atoms with Gasteiger partial charge in [-0.3, -0.25) is 0 Å². The van der Waals surface area contributed by atoms with E-state index in [0.29, 0.717) is 6.04 Å². The van der Waals surface area contributed by atoms with Crippen LogP contribution >= 0.6 is 0 Å². The van der Waals surface area contributed by atoms with Crippen LogP contribution in [0.5, 0.6) is 0 Å². The number of nitrogens with one attached hydrogen (secondary N) is 3. The van der Waals surface area contributed by atoms with E-state index in [4.69, 9.17) is 0 Å². The number of rotatable bonds is 5. The summed E-state index contributed by atoms with van der Waals surface area (Å²) in [4.78, 5) is 8.53. The topological polar surface area (TPSA) is 61.9 Å². The van der Waals surface area contributed by atoms with Crippen LogP contribution in [0.1, 0.15) is 18.5 Å². The Kier molecular flexibility index (Phi) is 3.78. The van der Waals surface area contributed by atoms with Crippen LogP contribution in [0.15, 0.2) is 42.7 Å². The molecule has 0 saturated carbocycles. The van der Waals surface area contributed by atoms with Gasteiger partial charge in [0, 0.05) is 25.2 Å². The fourth-order valence-corrected chi connectivity index (χ4v) is 2.16. The second kappa shape index (κ2) is 5.88. The molecule has 3 rings (SSSR count). The molecule has 5 nitrogen and oxygen atoms in total. The Morgan fingerprint density at radius 1 is 1.15 bits per heavy atom. The van der Waals surface area contributed by atoms with Crippen LogP contribution in [0, 0.1) is 0 Å². The summed E-state index contributed by atoms with van der Waals surface area (Å²) >= 11 is 0. The molecule has 1 aliphatic heterocycles. The zero-order valence-electron chi connectivity index (χ0n) is 11.5.